The van der Waals surface area contributed by atoms with Crippen LogP contribution in [0, 0.1) is 17.2 Å². The van der Waals surface area contributed by atoms with Gasteiger partial charge in [-0.2, -0.15) is 0 Å². The highest BCUT2D eigenvalue weighted by atomic mass is 19.1. The molecule has 2 aliphatic rings. The van der Waals surface area contributed by atoms with E-state index >= 15 is 0 Å². The highest BCUT2D eigenvalue weighted by Gasteiger charge is 2.54. The summed E-state index contributed by atoms with van der Waals surface area (Å²) in [6.45, 7) is 1.85. The first-order chi connectivity index (χ1) is 10.0. The van der Waals surface area contributed by atoms with Crippen molar-refractivity contribution >= 4 is 5.97 Å². The molecule has 21 heavy (non-hydrogen) atoms. The van der Waals surface area contributed by atoms with E-state index in [1.165, 1.54) is 12.1 Å². The molecule has 0 spiro atoms. The first kappa shape index (κ1) is 14.3. The molecule has 0 unspecified atom stereocenters. The van der Waals surface area contributed by atoms with Gasteiger partial charge in [0.2, 0.25) is 0 Å². The number of rotatable bonds is 4. The molecule has 1 heterocycles. The van der Waals surface area contributed by atoms with Gasteiger partial charge in [0.25, 0.3) is 0 Å². The molecule has 0 aromatic heterocycles. The fraction of sp³-hybridized carbons (Fsp3) is 0.562. The van der Waals surface area contributed by atoms with Crippen molar-refractivity contribution in [1.82, 2.24) is 4.90 Å². The van der Waals surface area contributed by atoms with E-state index in [9.17, 15) is 14.3 Å². The van der Waals surface area contributed by atoms with Gasteiger partial charge < -0.3 is 9.84 Å². The fourth-order valence-electron chi connectivity index (χ4n) is 3.98. The first-order valence-corrected chi connectivity index (χ1v) is 7.33. The Labute approximate surface area is 123 Å². The van der Waals surface area contributed by atoms with Crippen LogP contribution in [0.15, 0.2) is 18.2 Å². The summed E-state index contributed by atoms with van der Waals surface area (Å²) < 4.78 is 18.7. The van der Waals surface area contributed by atoms with Crippen molar-refractivity contribution in [3.63, 3.8) is 0 Å². The first-order valence-electron chi connectivity index (χ1n) is 7.33. The lowest BCUT2D eigenvalue weighted by Gasteiger charge is -2.23. The van der Waals surface area contributed by atoms with Crippen LogP contribution in [-0.2, 0) is 11.3 Å². The van der Waals surface area contributed by atoms with E-state index in [1.807, 2.05) is 0 Å². The van der Waals surface area contributed by atoms with Crippen LogP contribution in [0.5, 0.6) is 5.75 Å². The average Bonchev–Trinajstić information content (AvgIpc) is 2.96. The van der Waals surface area contributed by atoms with E-state index in [1.54, 1.807) is 13.2 Å². The summed E-state index contributed by atoms with van der Waals surface area (Å²) in [6, 6.07) is 4.47. The normalized spacial score (nSPS) is 28.6. The molecule has 0 radical (unpaired) electrons. The maximum Gasteiger partial charge on any atom is 0.311 e. The predicted octanol–water partition coefficient (Wildman–Crippen LogP) is 2.52. The van der Waals surface area contributed by atoms with Gasteiger partial charge in [-0.1, -0.05) is 6.42 Å². The number of aliphatic carboxylic acids is 1. The second-order valence-corrected chi connectivity index (χ2v) is 6.18. The minimum atomic E-state index is -0.682. The fourth-order valence-corrected chi connectivity index (χ4v) is 3.98. The van der Waals surface area contributed by atoms with E-state index in [2.05, 4.69) is 4.90 Å². The number of carboxylic acid groups (broad SMARTS) is 1. The Morgan fingerprint density at radius 3 is 3.05 bits per heavy atom. The Kier molecular flexibility index (Phi) is 3.61. The number of likely N-dealkylation sites (tertiary alicyclic amines) is 1. The van der Waals surface area contributed by atoms with Gasteiger partial charge in [0, 0.05) is 25.2 Å². The molecule has 1 saturated heterocycles. The van der Waals surface area contributed by atoms with Crippen LogP contribution in [0.25, 0.3) is 0 Å². The van der Waals surface area contributed by atoms with Crippen molar-refractivity contribution in [1.29, 1.82) is 0 Å². The van der Waals surface area contributed by atoms with Crippen LogP contribution >= 0.6 is 0 Å². The van der Waals surface area contributed by atoms with Crippen molar-refractivity contribution in [2.75, 3.05) is 20.2 Å². The summed E-state index contributed by atoms with van der Waals surface area (Å²) in [5.74, 6) is -0.107. The number of carboxylic acids is 1. The maximum atomic E-state index is 13.4. The number of methoxy groups -OCH3 is 1. The van der Waals surface area contributed by atoms with Gasteiger partial charge >= 0.3 is 5.97 Å². The van der Waals surface area contributed by atoms with Crippen LogP contribution in [0.2, 0.25) is 0 Å². The van der Waals surface area contributed by atoms with Gasteiger partial charge in [0.05, 0.1) is 12.5 Å². The van der Waals surface area contributed by atoms with Crippen molar-refractivity contribution in [2.24, 2.45) is 11.3 Å². The Morgan fingerprint density at radius 2 is 2.38 bits per heavy atom. The molecular weight excluding hydrogens is 273 g/mol. The molecule has 0 bridgehead atoms. The molecular formula is C16H20FNO3. The second-order valence-electron chi connectivity index (χ2n) is 6.18. The standard InChI is InChI=1S/C16H20FNO3/c1-21-14-5-4-13(17)7-11(14)8-18-9-12-3-2-6-16(12,10-18)15(19)20/h4-5,7,12H,2-3,6,8-10H2,1H3,(H,19,20)/t12-,16+/m0/s1. The van der Waals surface area contributed by atoms with Crippen molar-refractivity contribution < 1.29 is 19.0 Å². The molecule has 5 heteroatoms. The number of hydrogen-bond acceptors (Lipinski definition) is 3. The Balaban J connectivity index is 1.79. The monoisotopic (exact) mass is 293 g/mol. The summed E-state index contributed by atoms with van der Waals surface area (Å²) in [7, 11) is 1.56. The van der Waals surface area contributed by atoms with Crippen molar-refractivity contribution in [3.8, 4) is 5.75 Å². The highest BCUT2D eigenvalue weighted by Crippen LogP contribution is 2.49. The molecule has 2 fully saturated rings. The number of fused-ring (bicyclic) bond motifs is 1. The number of hydrogen-bond donors (Lipinski definition) is 1. The van der Waals surface area contributed by atoms with Crippen LogP contribution in [0.4, 0.5) is 4.39 Å². The Bertz CT molecular complexity index is 562. The molecule has 1 aliphatic heterocycles. The number of carbonyl (C=O) groups is 1. The quantitative estimate of drug-likeness (QED) is 0.927. The molecule has 1 aromatic carbocycles. The number of nitrogens with zero attached hydrogens (tertiary/aromatic N) is 1. The molecule has 1 N–H and O–H groups in total. The van der Waals surface area contributed by atoms with Gasteiger partial charge in [-0.05, 0) is 37.0 Å². The summed E-state index contributed by atoms with van der Waals surface area (Å²) in [5, 5.41) is 9.59. The predicted molar refractivity (Wildman–Crippen MR) is 75.6 cm³/mol. The molecule has 2 atom stereocenters. The van der Waals surface area contributed by atoms with E-state index in [0.29, 0.717) is 18.8 Å². The van der Waals surface area contributed by atoms with E-state index < -0.39 is 11.4 Å². The smallest absolute Gasteiger partial charge is 0.311 e. The van der Waals surface area contributed by atoms with Gasteiger partial charge in [-0.25, -0.2) is 4.39 Å². The minimum Gasteiger partial charge on any atom is -0.496 e. The molecule has 114 valence electrons. The Hall–Kier alpha value is -1.62. The number of halogens is 1. The van der Waals surface area contributed by atoms with Crippen LogP contribution < -0.4 is 4.74 Å². The second kappa shape index (κ2) is 5.30. The molecule has 0 amide bonds. The number of ether oxygens (including phenoxy) is 1. The summed E-state index contributed by atoms with van der Waals surface area (Å²) >= 11 is 0. The van der Waals surface area contributed by atoms with Crippen LogP contribution in [-0.4, -0.2) is 36.2 Å². The van der Waals surface area contributed by atoms with Crippen LogP contribution in [0.3, 0.4) is 0 Å². The van der Waals surface area contributed by atoms with Crippen molar-refractivity contribution in [2.45, 2.75) is 25.8 Å². The third-order valence-electron chi connectivity index (χ3n) is 5.00. The molecule has 3 rings (SSSR count). The van der Waals surface area contributed by atoms with Crippen LogP contribution in [0.1, 0.15) is 24.8 Å². The zero-order chi connectivity index (χ0) is 15.0. The molecule has 1 aromatic rings. The lowest BCUT2D eigenvalue weighted by Crippen LogP contribution is -2.35. The summed E-state index contributed by atoms with van der Waals surface area (Å²) in [4.78, 5) is 13.8. The van der Waals surface area contributed by atoms with E-state index in [4.69, 9.17) is 4.74 Å². The third-order valence-corrected chi connectivity index (χ3v) is 5.00. The largest absolute Gasteiger partial charge is 0.496 e. The third kappa shape index (κ3) is 2.39. The number of benzene rings is 1. The molecule has 4 nitrogen and oxygen atoms in total. The summed E-state index contributed by atoms with van der Waals surface area (Å²) in [5.41, 5.74) is 0.179. The molecule has 1 saturated carbocycles. The zero-order valence-electron chi connectivity index (χ0n) is 12.1. The highest BCUT2D eigenvalue weighted by molar-refractivity contribution is 5.76. The summed E-state index contributed by atoms with van der Waals surface area (Å²) in [6.07, 6.45) is 2.72. The van der Waals surface area contributed by atoms with Gasteiger partial charge in [0.1, 0.15) is 11.6 Å². The van der Waals surface area contributed by atoms with Gasteiger partial charge in [-0.15, -0.1) is 0 Å². The Morgan fingerprint density at radius 1 is 1.57 bits per heavy atom. The van der Waals surface area contributed by atoms with Gasteiger partial charge in [0.15, 0.2) is 0 Å². The van der Waals surface area contributed by atoms with E-state index in [0.717, 1.165) is 31.4 Å². The average molecular weight is 293 g/mol. The maximum absolute atomic E-state index is 13.4. The zero-order valence-corrected chi connectivity index (χ0v) is 12.1. The topological polar surface area (TPSA) is 49.8 Å². The van der Waals surface area contributed by atoms with E-state index in [-0.39, 0.29) is 11.7 Å². The lowest BCUT2D eigenvalue weighted by atomic mass is 9.81. The lowest BCUT2D eigenvalue weighted by molar-refractivity contribution is -0.149. The van der Waals surface area contributed by atoms with Gasteiger partial charge in [-0.3, -0.25) is 9.69 Å². The minimum absolute atomic E-state index is 0.217. The SMILES string of the molecule is COc1ccc(F)cc1CN1C[C@@H]2CCC[C@@]2(C(=O)O)C1. The van der Waals surface area contributed by atoms with Crippen molar-refractivity contribution in [3.05, 3.63) is 29.6 Å². The molecule has 1 aliphatic carbocycles.